The third-order valence-electron chi connectivity index (χ3n) is 3.39. The van der Waals surface area contributed by atoms with Gasteiger partial charge in [0, 0.05) is 13.1 Å². The summed E-state index contributed by atoms with van der Waals surface area (Å²) in [5.74, 6) is 2.50. The molecule has 1 aromatic rings. The van der Waals surface area contributed by atoms with Crippen LogP contribution in [-0.2, 0) is 0 Å². The lowest BCUT2D eigenvalue weighted by molar-refractivity contribution is 0.533. The van der Waals surface area contributed by atoms with Gasteiger partial charge in [-0.25, -0.2) is 4.98 Å². The molecule has 0 unspecified atom stereocenters. The Kier molecular flexibility index (Phi) is 6.13. The van der Waals surface area contributed by atoms with Gasteiger partial charge in [-0.05, 0) is 43.7 Å². The summed E-state index contributed by atoms with van der Waals surface area (Å²) in [6.07, 6.45) is 2.40. The van der Waals surface area contributed by atoms with Crippen molar-refractivity contribution < 1.29 is 0 Å². The van der Waals surface area contributed by atoms with Gasteiger partial charge in [-0.3, -0.25) is 0 Å². The van der Waals surface area contributed by atoms with E-state index in [1.54, 1.807) is 0 Å². The zero-order valence-electron chi connectivity index (χ0n) is 13.1. The van der Waals surface area contributed by atoms with Crippen molar-refractivity contribution in [3.05, 3.63) is 17.8 Å². The summed E-state index contributed by atoms with van der Waals surface area (Å²) in [6, 6.07) is 4.01. The van der Waals surface area contributed by atoms with E-state index in [0.717, 1.165) is 42.1 Å². The van der Waals surface area contributed by atoms with Crippen LogP contribution in [0.1, 0.15) is 46.2 Å². The second-order valence-corrected chi connectivity index (χ2v) is 6.20. The van der Waals surface area contributed by atoms with Crippen LogP contribution in [0.3, 0.4) is 0 Å². The molecule has 1 heterocycles. The molecule has 0 fully saturated rings. The molecule has 19 heavy (non-hydrogen) atoms. The van der Waals surface area contributed by atoms with E-state index in [4.69, 9.17) is 5.73 Å². The van der Waals surface area contributed by atoms with Crippen LogP contribution in [0, 0.1) is 18.8 Å². The number of rotatable bonds is 7. The van der Waals surface area contributed by atoms with Gasteiger partial charge < -0.3 is 10.6 Å². The molecule has 0 saturated carbocycles. The molecule has 0 saturated heterocycles. The zero-order chi connectivity index (χ0) is 14.4. The first kappa shape index (κ1) is 15.8. The predicted octanol–water partition coefficient (Wildman–Crippen LogP) is 3.87. The fourth-order valence-corrected chi connectivity index (χ4v) is 1.90. The number of nitrogens with zero attached hydrogens (tertiary/aromatic N) is 2. The summed E-state index contributed by atoms with van der Waals surface area (Å²) in [6.45, 7) is 13.2. The quantitative estimate of drug-likeness (QED) is 0.812. The van der Waals surface area contributed by atoms with Crippen molar-refractivity contribution in [2.45, 2.75) is 47.5 Å². The number of aryl methyl sites for hydroxylation is 1. The third-order valence-corrected chi connectivity index (χ3v) is 3.39. The van der Waals surface area contributed by atoms with E-state index >= 15 is 0 Å². The first-order valence-corrected chi connectivity index (χ1v) is 7.38. The molecule has 3 heteroatoms. The summed E-state index contributed by atoms with van der Waals surface area (Å²) < 4.78 is 0. The van der Waals surface area contributed by atoms with E-state index in [2.05, 4.69) is 37.6 Å². The van der Waals surface area contributed by atoms with Crippen LogP contribution in [0.4, 0.5) is 11.5 Å². The second kappa shape index (κ2) is 7.37. The van der Waals surface area contributed by atoms with Gasteiger partial charge in [-0.2, -0.15) is 0 Å². The minimum absolute atomic E-state index is 0.719. The molecule has 0 aliphatic heterocycles. The summed E-state index contributed by atoms with van der Waals surface area (Å²) in [7, 11) is 0. The van der Waals surface area contributed by atoms with Crippen molar-refractivity contribution in [2.24, 2.45) is 11.8 Å². The normalized spacial score (nSPS) is 11.3. The van der Waals surface area contributed by atoms with Crippen molar-refractivity contribution in [1.29, 1.82) is 0 Å². The average Bonchev–Trinajstić information content (AvgIpc) is 2.32. The van der Waals surface area contributed by atoms with Crippen molar-refractivity contribution in [1.82, 2.24) is 4.98 Å². The van der Waals surface area contributed by atoms with E-state index in [9.17, 15) is 0 Å². The molecular weight excluding hydrogens is 234 g/mol. The Hall–Kier alpha value is -1.25. The number of pyridine rings is 1. The summed E-state index contributed by atoms with van der Waals surface area (Å²) in [5, 5.41) is 0. The van der Waals surface area contributed by atoms with Crippen molar-refractivity contribution >= 4 is 11.5 Å². The number of nitrogen functional groups attached to an aromatic ring is 1. The number of hydrogen-bond donors (Lipinski definition) is 1. The summed E-state index contributed by atoms with van der Waals surface area (Å²) in [5.41, 5.74) is 7.55. The number of anilines is 2. The van der Waals surface area contributed by atoms with Gasteiger partial charge in [-0.15, -0.1) is 0 Å². The van der Waals surface area contributed by atoms with E-state index in [-0.39, 0.29) is 0 Å². The van der Waals surface area contributed by atoms with Gasteiger partial charge in [0.05, 0.1) is 11.4 Å². The fourth-order valence-electron chi connectivity index (χ4n) is 1.90. The predicted molar refractivity (Wildman–Crippen MR) is 84.5 cm³/mol. The van der Waals surface area contributed by atoms with Crippen LogP contribution in [0.25, 0.3) is 0 Å². The molecule has 0 aliphatic rings. The maximum Gasteiger partial charge on any atom is 0.128 e. The Bertz CT molecular complexity index is 374. The lowest BCUT2D eigenvalue weighted by Gasteiger charge is -2.26. The van der Waals surface area contributed by atoms with Gasteiger partial charge in [0.25, 0.3) is 0 Å². The van der Waals surface area contributed by atoms with Crippen molar-refractivity contribution in [3.8, 4) is 0 Å². The molecule has 1 rings (SSSR count). The lowest BCUT2D eigenvalue weighted by atomic mass is 10.1. The highest BCUT2D eigenvalue weighted by Gasteiger charge is 2.10. The highest BCUT2D eigenvalue weighted by Crippen LogP contribution is 2.18. The van der Waals surface area contributed by atoms with Gasteiger partial charge in [-0.1, -0.05) is 27.7 Å². The monoisotopic (exact) mass is 263 g/mol. The smallest absolute Gasteiger partial charge is 0.128 e. The van der Waals surface area contributed by atoms with E-state index < -0.39 is 0 Å². The Morgan fingerprint density at radius 3 is 2.00 bits per heavy atom. The highest BCUT2D eigenvalue weighted by atomic mass is 15.2. The fraction of sp³-hybridized carbons (Fsp3) is 0.688. The third kappa shape index (κ3) is 5.50. The first-order chi connectivity index (χ1) is 8.90. The van der Waals surface area contributed by atoms with Crippen LogP contribution in [0.2, 0.25) is 0 Å². The minimum atomic E-state index is 0.719. The topological polar surface area (TPSA) is 42.2 Å². The van der Waals surface area contributed by atoms with Crippen LogP contribution in [0.5, 0.6) is 0 Å². The molecule has 1 aromatic heterocycles. The van der Waals surface area contributed by atoms with Crippen molar-refractivity contribution in [2.75, 3.05) is 23.7 Å². The largest absolute Gasteiger partial charge is 0.397 e. The number of aromatic nitrogens is 1. The lowest BCUT2D eigenvalue weighted by Crippen LogP contribution is -2.28. The minimum Gasteiger partial charge on any atom is -0.397 e. The Morgan fingerprint density at radius 2 is 1.58 bits per heavy atom. The maximum atomic E-state index is 5.85. The average molecular weight is 263 g/mol. The van der Waals surface area contributed by atoms with Gasteiger partial charge in [0.1, 0.15) is 5.82 Å². The van der Waals surface area contributed by atoms with Crippen LogP contribution < -0.4 is 10.6 Å². The van der Waals surface area contributed by atoms with Crippen LogP contribution in [0.15, 0.2) is 12.1 Å². The number of nitrogens with two attached hydrogens (primary N) is 1. The number of hydrogen-bond acceptors (Lipinski definition) is 3. The van der Waals surface area contributed by atoms with E-state index in [1.165, 1.54) is 12.8 Å². The molecule has 0 aliphatic carbocycles. The summed E-state index contributed by atoms with van der Waals surface area (Å²) in [4.78, 5) is 7.03. The molecule has 3 nitrogen and oxygen atoms in total. The molecule has 0 amide bonds. The zero-order valence-corrected chi connectivity index (χ0v) is 13.1. The molecule has 108 valence electrons. The Labute approximate surface area is 118 Å². The van der Waals surface area contributed by atoms with E-state index in [0.29, 0.717) is 0 Å². The molecule has 0 atom stereocenters. The maximum absolute atomic E-state index is 5.85. The summed E-state index contributed by atoms with van der Waals surface area (Å²) >= 11 is 0. The van der Waals surface area contributed by atoms with Crippen LogP contribution in [-0.4, -0.2) is 18.1 Å². The SMILES string of the molecule is Cc1nc(N(CCC(C)C)CCC(C)C)ccc1N. The van der Waals surface area contributed by atoms with Crippen LogP contribution >= 0.6 is 0 Å². The Balaban J connectivity index is 2.78. The molecular formula is C16H29N3. The van der Waals surface area contributed by atoms with Gasteiger partial charge in [0.15, 0.2) is 0 Å². The van der Waals surface area contributed by atoms with Gasteiger partial charge in [0.2, 0.25) is 0 Å². The molecule has 0 aromatic carbocycles. The first-order valence-electron chi connectivity index (χ1n) is 7.38. The Morgan fingerprint density at radius 1 is 1.05 bits per heavy atom. The van der Waals surface area contributed by atoms with Gasteiger partial charge >= 0.3 is 0 Å². The molecule has 0 radical (unpaired) electrons. The molecule has 2 N–H and O–H groups in total. The van der Waals surface area contributed by atoms with E-state index in [1.807, 2.05) is 19.1 Å². The second-order valence-electron chi connectivity index (χ2n) is 6.20. The highest BCUT2D eigenvalue weighted by molar-refractivity contribution is 5.50. The molecule has 0 spiro atoms. The standard InChI is InChI=1S/C16H29N3/c1-12(2)8-10-19(11-9-13(3)4)16-7-6-15(17)14(5)18-16/h6-7,12-13H,8-11,17H2,1-5H3. The molecule has 0 bridgehead atoms. The van der Waals surface area contributed by atoms with Crippen molar-refractivity contribution in [3.63, 3.8) is 0 Å².